The molecule has 0 aliphatic rings. The van der Waals surface area contributed by atoms with E-state index in [1.165, 1.54) is 23.1 Å². The Labute approximate surface area is 187 Å². The minimum atomic E-state index is -0.276. The number of rotatable bonds is 7. The minimum absolute atomic E-state index is 0.132. The number of anilines is 2. The third kappa shape index (κ3) is 5.42. The van der Waals surface area contributed by atoms with Crippen LogP contribution in [0.5, 0.6) is 0 Å². The van der Waals surface area contributed by atoms with Crippen LogP contribution >= 0.6 is 23.1 Å². The molecule has 156 valence electrons. The molecular weight excluding hydrogens is 430 g/mol. The SMILES string of the molecule is Cc1ccc(NC(=O)CSc2ccccc2C(=O)Nc2nc(-c3ccco3)cs2)cc1. The van der Waals surface area contributed by atoms with Gasteiger partial charge in [0, 0.05) is 16.0 Å². The fourth-order valence-corrected chi connectivity index (χ4v) is 4.34. The molecular formula is C23H19N3O3S2. The molecule has 0 fully saturated rings. The van der Waals surface area contributed by atoms with Crippen LogP contribution in [0.1, 0.15) is 15.9 Å². The first kappa shape index (κ1) is 20.9. The van der Waals surface area contributed by atoms with Gasteiger partial charge < -0.3 is 9.73 Å². The highest BCUT2D eigenvalue weighted by molar-refractivity contribution is 8.00. The van der Waals surface area contributed by atoms with E-state index in [2.05, 4.69) is 15.6 Å². The number of thiazole rings is 1. The van der Waals surface area contributed by atoms with Crippen molar-refractivity contribution in [2.75, 3.05) is 16.4 Å². The molecule has 2 aromatic heterocycles. The van der Waals surface area contributed by atoms with Gasteiger partial charge in [-0.25, -0.2) is 4.98 Å². The van der Waals surface area contributed by atoms with Gasteiger partial charge >= 0.3 is 0 Å². The fraction of sp³-hybridized carbons (Fsp3) is 0.0870. The average Bonchev–Trinajstić information content (AvgIpc) is 3.46. The van der Waals surface area contributed by atoms with Crippen LogP contribution in [0.3, 0.4) is 0 Å². The smallest absolute Gasteiger partial charge is 0.258 e. The van der Waals surface area contributed by atoms with Gasteiger partial charge in [0.1, 0.15) is 5.69 Å². The monoisotopic (exact) mass is 449 g/mol. The molecule has 0 saturated heterocycles. The number of carbonyl (C=O) groups excluding carboxylic acids is 2. The number of aryl methyl sites for hydroxylation is 1. The zero-order valence-electron chi connectivity index (χ0n) is 16.6. The Balaban J connectivity index is 1.39. The van der Waals surface area contributed by atoms with Gasteiger partial charge in [0.05, 0.1) is 17.6 Å². The van der Waals surface area contributed by atoms with Crippen molar-refractivity contribution in [3.63, 3.8) is 0 Å². The molecule has 0 unspecified atom stereocenters. The predicted octanol–water partition coefficient (Wildman–Crippen LogP) is 5.69. The molecule has 2 N–H and O–H groups in total. The van der Waals surface area contributed by atoms with E-state index >= 15 is 0 Å². The fourth-order valence-electron chi connectivity index (χ4n) is 2.79. The zero-order chi connectivity index (χ0) is 21.6. The first-order chi connectivity index (χ1) is 15.1. The topological polar surface area (TPSA) is 84.2 Å². The zero-order valence-corrected chi connectivity index (χ0v) is 18.3. The second-order valence-electron chi connectivity index (χ2n) is 6.67. The maximum absolute atomic E-state index is 12.8. The van der Waals surface area contributed by atoms with Crippen molar-refractivity contribution in [1.29, 1.82) is 0 Å². The van der Waals surface area contributed by atoms with Crippen LogP contribution in [0.4, 0.5) is 10.8 Å². The number of furan rings is 1. The molecule has 2 heterocycles. The summed E-state index contributed by atoms with van der Waals surface area (Å²) < 4.78 is 5.33. The lowest BCUT2D eigenvalue weighted by molar-refractivity contribution is -0.113. The van der Waals surface area contributed by atoms with Crippen molar-refractivity contribution >= 4 is 45.7 Å². The highest BCUT2D eigenvalue weighted by Gasteiger charge is 2.15. The Morgan fingerprint density at radius 1 is 1.03 bits per heavy atom. The summed E-state index contributed by atoms with van der Waals surface area (Å²) in [4.78, 5) is 30.2. The minimum Gasteiger partial charge on any atom is -0.463 e. The van der Waals surface area contributed by atoms with E-state index in [0.29, 0.717) is 22.1 Å². The molecule has 0 spiro atoms. The summed E-state index contributed by atoms with van der Waals surface area (Å²) in [5.41, 5.74) is 3.04. The molecule has 0 aliphatic carbocycles. The molecule has 6 nitrogen and oxygen atoms in total. The molecule has 2 aromatic carbocycles. The third-order valence-corrected chi connectivity index (χ3v) is 6.16. The molecule has 0 atom stereocenters. The summed E-state index contributed by atoms with van der Waals surface area (Å²) in [5.74, 6) is 0.430. The maximum atomic E-state index is 12.8. The van der Waals surface area contributed by atoms with E-state index in [0.717, 1.165) is 16.1 Å². The molecule has 0 saturated carbocycles. The lowest BCUT2D eigenvalue weighted by Gasteiger charge is -2.09. The van der Waals surface area contributed by atoms with Gasteiger partial charge in [0.2, 0.25) is 5.91 Å². The molecule has 8 heteroatoms. The lowest BCUT2D eigenvalue weighted by Crippen LogP contribution is -2.15. The Morgan fingerprint density at radius 3 is 2.61 bits per heavy atom. The van der Waals surface area contributed by atoms with Crippen LogP contribution in [0, 0.1) is 6.92 Å². The van der Waals surface area contributed by atoms with Crippen LogP contribution in [-0.4, -0.2) is 22.6 Å². The van der Waals surface area contributed by atoms with Gasteiger partial charge in [-0.2, -0.15) is 0 Å². The second-order valence-corrected chi connectivity index (χ2v) is 8.54. The van der Waals surface area contributed by atoms with Gasteiger partial charge in [0.25, 0.3) is 5.91 Å². The van der Waals surface area contributed by atoms with E-state index in [1.807, 2.05) is 54.8 Å². The molecule has 0 radical (unpaired) electrons. The molecule has 0 bridgehead atoms. The van der Waals surface area contributed by atoms with E-state index in [4.69, 9.17) is 4.42 Å². The van der Waals surface area contributed by atoms with Crippen molar-refractivity contribution in [2.45, 2.75) is 11.8 Å². The first-order valence-electron chi connectivity index (χ1n) is 9.47. The summed E-state index contributed by atoms with van der Waals surface area (Å²) in [6, 6.07) is 18.4. The number of aromatic nitrogens is 1. The Morgan fingerprint density at radius 2 is 1.84 bits per heavy atom. The van der Waals surface area contributed by atoms with Gasteiger partial charge in [-0.15, -0.1) is 23.1 Å². The van der Waals surface area contributed by atoms with E-state index in [-0.39, 0.29) is 17.6 Å². The standard InChI is InChI=1S/C23H19N3O3S2/c1-15-8-10-16(11-9-15)24-21(27)14-30-20-7-3-2-5-17(20)22(28)26-23-25-18(13-31-23)19-6-4-12-29-19/h2-13H,14H2,1H3,(H,24,27)(H,25,26,28). The largest absolute Gasteiger partial charge is 0.463 e. The number of benzene rings is 2. The highest BCUT2D eigenvalue weighted by Crippen LogP contribution is 2.27. The summed E-state index contributed by atoms with van der Waals surface area (Å²) in [7, 11) is 0. The van der Waals surface area contributed by atoms with E-state index in [9.17, 15) is 9.59 Å². The normalized spacial score (nSPS) is 10.6. The van der Waals surface area contributed by atoms with Crippen LogP contribution < -0.4 is 10.6 Å². The number of thioether (sulfide) groups is 1. The van der Waals surface area contributed by atoms with Crippen LogP contribution in [0.15, 0.2) is 81.6 Å². The van der Waals surface area contributed by atoms with Gasteiger partial charge in [-0.05, 0) is 43.3 Å². The molecule has 2 amide bonds. The van der Waals surface area contributed by atoms with Crippen LogP contribution in [0.2, 0.25) is 0 Å². The van der Waals surface area contributed by atoms with Crippen LogP contribution in [0.25, 0.3) is 11.5 Å². The van der Waals surface area contributed by atoms with Crippen molar-refractivity contribution in [1.82, 2.24) is 4.98 Å². The van der Waals surface area contributed by atoms with Crippen LogP contribution in [-0.2, 0) is 4.79 Å². The third-order valence-electron chi connectivity index (χ3n) is 4.32. The summed E-state index contributed by atoms with van der Waals surface area (Å²) in [6.45, 7) is 1.99. The van der Waals surface area contributed by atoms with Gasteiger partial charge in [0.15, 0.2) is 10.9 Å². The summed E-state index contributed by atoms with van der Waals surface area (Å²) >= 11 is 2.64. The summed E-state index contributed by atoms with van der Waals surface area (Å²) in [5, 5.41) is 8.00. The van der Waals surface area contributed by atoms with Crippen molar-refractivity contribution in [3.05, 3.63) is 83.4 Å². The Bertz CT molecular complexity index is 1190. The summed E-state index contributed by atoms with van der Waals surface area (Å²) in [6.07, 6.45) is 1.58. The Hall–Kier alpha value is -3.36. The quantitative estimate of drug-likeness (QED) is 0.354. The average molecular weight is 450 g/mol. The highest BCUT2D eigenvalue weighted by atomic mass is 32.2. The Kier molecular flexibility index (Phi) is 6.49. The first-order valence-corrected chi connectivity index (χ1v) is 11.3. The van der Waals surface area contributed by atoms with Crippen molar-refractivity contribution < 1.29 is 14.0 Å². The number of carbonyl (C=O) groups is 2. The number of nitrogens with zero attached hydrogens (tertiary/aromatic N) is 1. The molecule has 0 aliphatic heterocycles. The lowest BCUT2D eigenvalue weighted by atomic mass is 10.2. The molecule has 31 heavy (non-hydrogen) atoms. The number of hydrogen-bond donors (Lipinski definition) is 2. The van der Waals surface area contributed by atoms with Gasteiger partial charge in [-0.3, -0.25) is 14.9 Å². The molecule has 4 rings (SSSR count). The van der Waals surface area contributed by atoms with Crippen molar-refractivity contribution in [3.8, 4) is 11.5 Å². The number of nitrogens with one attached hydrogen (secondary N) is 2. The maximum Gasteiger partial charge on any atom is 0.258 e. The molecule has 4 aromatic rings. The second kappa shape index (κ2) is 9.63. The van der Waals surface area contributed by atoms with Gasteiger partial charge in [-0.1, -0.05) is 29.8 Å². The number of amides is 2. The predicted molar refractivity (Wildman–Crippen MR) is 125 cm³/mol. The van der Waals surface area contributed by atoms with E-state index < -0.39 is 0 Å². The van der Waals surface area contributed by atoms with E-state index in [1.54, 1.807) is 24.5 Å². The van der Waals surface area contributed by atoms with Crippen molar-refractivity contribution in [2.24, 2.45) is 0 Å². The number of hydrogen-bond acceptors (Lipinski definition) is 6.